The van der Waals surface area contributed by atoms with Gasteiger partial charge in [0, 0.05) is 42.7 Å². The normalized spacial score (nSPS) is 11.2. The predicted octanol–water partition coefficient (Wildman–Crippen LogP) is 4.32. The first-order valence-corrected chi connectivity index (χ1v) is 9.91. The Labute approximate surface area is 174 Å². The van der Waals surface area contributed by atoms with Crippen molar-refractivity contribution in [2.24, 2.45) is 0 Å². The number of rotatable bonds is 7. The third-order valence-corrected chi connectivity index (χ3v) is 4.71. The van der Waals surface area contributed by atoms with Gasteiger partial charge in [0.25, 0.3) is 0 Å². The number of aryl methyl sites for hydroxylation is 3. The maximum atomic E-state index is 13.7. The molecule has 0 saturated heterocycles. The van der Waals surface area contributed by atoms with Gasteiger partial charge in [-0.3, -0.25) is 0 Å². The zero-order valence-electron chi connectivity index (χ0n) is 17.3. The Balaban J connectivity index is 1.52. The van der Waals surface area contributed by atoms with Gasteiger partial charge in [-0.2, -0.15) is 5.10 Å². The van der Waals surface area contributed by atoms with Crippen LogP contribution in [0.25, 0.3) is 17.1 Å². The van der Waals surface area contributed by atoms with Crippen molar-refractivity contribution in [1.29, 1.82) is 0 Å². The molecule has 30 heavy (non-hydrogen) atoms. The van der Waals surface area contributed by atoms with E-state index < -0.39 is 0 Å². The van der Waals surface area contributed by atoms with Crippen molar-refractivity contribution in [3.05, 3.63) is 83.0 Å². The second kappa shape index (κ2) is 8.59. The Kier molecular flexibility index (Phi) is 5.72. The van der Waals surface area contributed by atoms with Crippen molar-refractivity contribution in [2.75, 3.05) is 6.54 Å². The number of nitrogens with one attached hydrogen (secondary N) is 1. The molecular formula is C23H24FN5O. The van der Waals surface area contributed by atoms with Gasteiger partial charge in [-0.25, -0.2) is 19.0 Å². The molecule has 6 nitrogen and oxygen atoms in total. The molecule has 7 heteroatoms. The lowest BCUT2D eigenvalue weighted by Crippen LogP contribution is -2.18. The van der Waals surface area contributed by atoms with Gasteiger partial charge in [-0.15, -0.1) is 0 Å². The summed E-state index contributed by atoms with van der Waals surface area (Å²) >= 11 is 0. The molecule has 0 saturated carbocycles. The Morgan fingerprint density at radius 2 is 1.83 bits per heavy atom. The summed E-state index contributed by atoms with van der Waals surface area (Å²) in [4.78, 5) is 8.96. The largest absolute Gasteiger partial charge is 0.460 e. The van der Waals surface area contributed by atoms with Crippen LogP contribution in [0.2, 0.25) is 0 Å². The lowest BCUT2D eigenvalue weighted by atomic mass is 10.2. The molecule has 0 aliphatic rings. The minimum Gasteiger partial charge on any atom is -0.460 e. The first kappa shape index (κ1) is 20.0. The Bertz CT molecular complexity index is 1140. The molecule has 0 fully saturated rings. The van der Waals surface area contributed by atoms with Gasteiger partial charge >= 0.3 is 0 Å². The van der Waals surface area contributed by atoms with Crippen LogP contribution >= 0.6 is 0 Å². The van der Waals surface area contributed by atoms with Crippen molar-refractivity contribution in [1.82, 2.24) is 25.1 Å². The zero-order valence-corrected chi connectivity index (χ0v) is 17.3. The molecule has 0 aliphatic heterocycles. The minimum absolute atomic E-state index is 0.300. The topological polar surface area (TPSA) is 68.8 Å². The molecule has 3 aromatic heterocycles. The maximum absolute atomic E-state index is 13.7. The molecule has 1 N–H and O–H groups in total. The summed E-state index contributed by atoms with van der Waals surface area (Å²) in [5, 5.41) is 8.09. The second-order valence-corrected chi connectivity index (χ2v) is 7.33. The van der Waals surface area contributed by atoms with Gasteiger partial charge in [0.2, 0.25) is 0 Å². The van der Waals surface area contributed by atoms with Crippen LogP contribution in [0.4, 0.5) is 4.39 Å². The standard InChI is InChI=1S/C23H24FN5O/c1-15-11-16(2)27-22(26-15)9-10-25-13-18-14-29(20-6-4-5-19(24)12-20)28-23(18)21-8-7-17(3)30-21/h4-8,11-12,14,25H,9-10,13H2,1-3H3. The zero-order chi connectivity index (χ0) is 21.1. The molecular weight excluding hydrogens is 381 g/mol. The summed E-state index contributed by atoms with van der Waals surface area (Å²) in [5.74, 6) is 2.04. The molecule has 0 atom stereocenters. The van der Waals surface area contributed by atoms with E-state index in [9.17, 15) is 4.39 Å². The van der Waals surface area contributed by atoms with Gasteiger partial charge in [-0.1, -0.05) is 6.07 Å². The number of benzene rings is 1. The highest BCUT2D eigenvalue weighted by molar-refractivity contribution is 5.57. The van der Waals surface area contributed by atoms with Crippen molar-refractivity contribution >= 4 is 0 Å². The summed E-state index contributed by atoms with van der Waals surface area (Å²) in [6.07, 6.45) is 2.64. The molecule has 0 spiro atoms. The van der Waals surface area contributed by atoms with Crippen molar-refractivity contribution in [3.8, 4) is 17.1 Å². The van der Waals surface area contributed by atoms with E-state index in [1.165, 1.54) is 12.1 Å². The summed E-state index contributed by atoms with van der Waals surface area (Å²) in [6.45, 7) is 7.17. The van der Waals surface area contributed by atoms with E-state index in [0.29, 0.717) is 18.0 Å². The average molecular weight is 405 g/mol. The van der Waals surface area contributed by atoms with Gasteiger partial charge in [0.05, 0.1) is 5.69 Å². The van der Waals surface area contributed by atoms with E-state index in [4.69, 9.17) is 4.42 Å². The van der Waals surface area contributed by atoms with E-state index in [-0.39, 0.29) is 5.82 Å². The molecule has 3 heterocycles. The SMILES string of the molecule is Cc1cc(C)nc(CCNCc2cn(-c3cccc(F)c3)nc2-c2ccc(C)o2)n1. The fourth-order valence-electron chi connectivity index (χ4n) is 3.39. The highest BCUT2D eigenvalue weighted by Gasteiger charge is 2.15. The average Bonchev–Trinajstić information content (AvgIpc) is 3.31. The molecule has 154 valence electrons. The van der Waals surface area contributed by atoms with Gasteiger partial charge < -0.3 is 9.73 Å². The first-order chi connectivity index (χ1) is 14.5. The lowest BCUT2D eigenvalue weighted by Gasteiger charge is -2.05. The van der Waals surface area contributed by atoms with Crippen LogP contribution < -0.4 is 5.32 Å². The van der Waals surface area contributed by atoms with Gasteiger partial charge in [-0.05, 0) is 57.2 Å². The fraction of sp³-hybridized carbons (Fsp3) is 0.261. The van der Waals surface area contributed by atoms with E-state index in [1.807, 2.05) is 51.2 Å². The van der Waals surface area contributed by atoms with E-state index in [2.05, 4.69) is 20.4 Å². The van der Waals surface area contributed by atoms with Crippen LogP contribution in [0.15, 0.2) is 53.1 Å². The minimum atomic E-state index is -0.300. The Morgan fingerprint density at radius 1 is 1.03 bits per heavy atom. The molecule has 4 aromatic rings. The lowest BCUT2D eigenvalue weighted by molar-refractivity contribution is 0.544. The second-order valence-electron chi connectivity index (χ2n) is 7.33. The summed E-state index contributed by atoms with van der Waals surface area (Å²) in [6, 6.07) is 12.1. The van der Waals surface area contributed by atoms with Crippen molar-refractivity contribution in [2.45, 2.75) is 33.7 Å². The highest BCUT2D eigenvalue weighted by Crippen LogP contribution is 2.25. The van der Waals surface area contributed by atoms with Crippen LogP contribution in [0, 0.1) is 26.6 Å². The van der Waals surface area contributed by atoms with Gasteiger partial charge in [0.15, 0.2) is 5.76 Å². The van der Waals surface area contributed by atoms with Crippen LogP contribution in [-0.2, 0) is 13.0 Å². The monoisotopic (exact) mass is 405 g/mol. The van der Waals surface area contributed by atoms with Crippen molar-refractivity contribution < 1.29 is 8.81 Å². The van der Waals surface area contributed by atoms with Crippen LogP contribution in [0.3, 0.4) is 0 Å². The summed E-state index contributed by atoms with van der Waals surface area (Å²) in [7, 11) is 0. The first-order valence-electron chi connectivity index (χ1n) is 9.91. The fourth-order valence-corrected chi connectivity index (χ4v) is 3.39. The molecule has 1 aromatic carbocycles. The molecule has 0 bridgehead atoms. The van der Waals surface area contributed by atoms with Crippen molar-refractivity contribution in [3.63, 3.8) is 0 Å². The third-order valence-electron chi connectivity index (χ3n) is 4.71. The number of nitrogens with zero attached hydrogens (tertiary/aromatic N) is 4. The number of hydrogen-bond donors (Lipinski definition) is 1. The predicted molar refractivity (Wildman–Crippen MR) is 113 cm³/mol. The number of furan rings is 1. The molecule has 0 amide bonds. The molecule has 0 unspecified atom stereocenters. The third kappa shape index (κ3) is 4.63. The number of aromatic nitrogens is 4. The highest BCUT2D eigenvalue weighted by atomic mass is 19.1. The molecule has 4 rings (SSSR count). The summed E-state index contributed by atoms with van der Waals surface area (Å²) in [5.41, 5.74) is 4.32. The van der Waals surface area contributed by atoms with E-state index >= 15 is 0 Å². The van der Waals surface area contributed by atoms with Crippen LogP contribution in [-0.4, -0.2) is 26.3 Å². The Hall–Kier alpha value is -3.32. The van der Waals surface area contributed by atoms with Gasteiger partial charge in [0.1, 0.15) is 23.1 Å². The van der Waals surface area contributed by atoms with E-state index in [0.717, 1.165) is 47.2 Å². The van der Waals surface area contributed by atoms with Crippen LogP contribution in [0.5, 0.6) is 0 Å². The quantitative estimate of drug-likeness (QED) is 0.464. The summed E-state index contributed by atoms with van der Waals surface area (Å²) < 4.78 is 21.1. The number of halogens is 1. The maximum Gasteiger partial charge on any atom is 0.154 e. The Morgan fingerprint density at radius 3 is 2.53 bits per heavy atom. The van der Waals surface area contributed by atoms with E-state index in [1.54, 1.807) is 10.7 Å². The molecule has 0 radical (unpaired) electrons. The smallest absolute Gasteiger partial charge is 0.154 e. The van der Waals surface area contributed by atoms with Crippen LogP contribution in [0.1, 0.15) is 28.5 Å². The number of hydrogen-bond acceptors (Lipinski definition) is 5. The molecule has 0 aliphatic carbocycles.